The van der Waals surface area contributed by atoms with Crippen molar-refractivity contribution in [2.24, 2.45) is 0 Å². The van der Waals surface area contributed by atoms with E-state index in [1.54, 1.807) is 0 Å². The first-order valence-corrected chi connectivity index (χ1v) is 8.17. The van der Waals surface area contributed by atoms with E-state index in [1.165, 1.54) is 0 Å². The number of hydrogen-bond acceptors (Lipinski definition) is 3. The van der Waals surface area contributed by atoms with E-state index < -0.39 is 36.8 Å². The highest BCUT2D eigenvalue weighted by Gasteiger charge is 2.72. The highest BCUT2D eigenvalue weighted by Crippen LogP contribution is 2.48. The van der Waals surface area contributed by atoms with Crippen LogP contribution in [-0.4, -0.2) is 42.1 Å². The summed E-state index contributed by atoms with van der Waals surface area (Å²) in [4.78, 5) is 11.2. The van der Waals surface area contributed by atoms with Crippen molar-refractivity contribution in [2.75, 3.05) is 18.1 Å². The Morgan fingerprint density at radius 2 is 1.61 bits per heavy atom. The van der Waals surface area contributed by atoms with Crippen molar-refractivity contribution < 1.29 is 40.3 Å². The van der Waals surface area contributed by atoms with Gasteiger partial charge < -0.3 is 4.74 Å². The normalized spacial score (nSPS) is 13.2. The molecule has 0 aliphatic carbocycles. The van der Waals surface area contributed by atoms with E-state index in [-0.39, 0.29) is 24.5 Å². The summed E-state index contributed by atoms with van der Waals surface area (Å²) in [6.07, 6.45) is -6.78. The van der Waals surface area contributed by atoms with Crippen molar-refractivity contribution >= 4 is 17.7 Å². The SMILES string of the molecule is CCCCOC(=O)CSCCCCC(F)(F)C(F)(F)C(F)(F)F. The minimum Gasteiger partial charge on any atom is -0.465 e. The molecule has 0 saturated carbocycles. The largest absolute Gasteiger partial charge is 0.465 e. The van der Waals surface area contributed by atoms with Crippen LogP contribution in [0.4, 0.5) is 30.7 Å². The molecule has 0 heterocycles. The Morgan fingerprint density at radius 3 is 2.13 bits per heavy atom. The van der Waals surface area contributed by atoms with Crippen LogP contribution in [0.3, 0.4) is 0 Å². The van der Waals surface area contributed by atoms with Crippen LogP contribution in [0.1, 0.15) is 39.0 Å². The Balaban J connectivity index is 3.93. The summed E-state index contributed by atoms with van der Waals surface area (Å²) in [5.41, 5.74) is 0. The van der Waals surface area contributed by atoms with E-state index >= 15 is 0 Å². The van der Waals surface area contributed by atoms with E-state index in [0.29, 0.717) is 0 Å². The zero-order valence-electron chi connectivity index (χ0n) is 12.5. The molecule has 0 atom stereocenters. The summed E-state index contributed by atoms with van der Waals surface area (Å²) in [7, 11) is 0. The van der Waals surface area contributed by atoms with Gasteiger partial charge in [-0.05, 0) is 25.0 Å². The molecule has 0 spiro atoms. The number of halogens is 7. The molecule has 0 aromatic carbocycles. The number of carbonyl (C=O) groups excluding carboxylic acids is 1. The number of hydrogen-bond donors (Lipinski definition) is 0. The molecular weight excluding hydrogens is 353 g/mol. The second kappa shape index (κ2) is 9.58. The first-order chi connectivity index (χ1) is 10.5. The van der Waals surface area contributed by atoms with E-state index in [9.17, 15) is 35.5 Å². The molecule has 10 heteroatoms. The fraction of sp³-hybridized carbons (Fsp3) is 0.923. The molecule has 23 heavy (non-hydrogen) atoms. The maximum atomic E-state index is 13.0. The smallest absolute Gasteiger partial charge is 0.459 e. The molecule has 0 aromatic rings. The van der Waals surface area contributed by atoms with Gasteiger partial charge in [0.05, 0.1) is 12.4 Å². The standard InChI is InChI=1S/C13H19F7O2S/c1-2-3-7-22-10(21)9-23-8-5-4-6-11(14,15)12(16,17)13(18,19)20/h2-9H2,1H3. The Morgan fingerprint density at radius 1 is 1.00 bits per heavy atom. The second-order valence-electron chi connectivity index (χ2n) is 4.86. The lowest BCUT2D eigenvalue weighted by molar-refractivity contribution is -0.355. The third kappa shape index (κ3) is 7.63. The molecule has 0 saturated heterocycles. The summed E-state index contributed by atoms with van der Waals surface area (Å²) >= 11 is 1.05. The van der Waals surface area contributed by atoms with Gasteiger partial charge in [-0.1, -0.05) is 13.3 Å². The Hall–Kier alpha value is -0.670. The lowest BCUT2D eigenvalue weighted by Crippen LogP contribution is -2.51. The molecule has 0 aliphatic rings. The lowest BCUT2D eigenvalue weighted by Gasteiger charge is -2.28. The van der Waals surface area contributed by atoms with Gasteiger partial charge in [0, 0.05) is 6.42 Å². The number of esters is 1. The maximum absolute atomic E-state index is 13.0. The van der Waals surface area contributed by atoms with Gasteiger partial charge in [-0.3, -0.25) is 4.79 Å². The summed E-state index contributed by atoms with van der Waals surface area (Å²) in [6.45, 7) is 2.20. The topological polar surface area (TPSA) is 26.3 Å². The van der Waals surface area contributed by atoms with Crippen molar-refractivity contribution in [3.8, 4) is 0 Å². The van der Waals surface area contributed by atoms with Crippen molar-refractivity contribution in [1.82, 2.24) is 0 Å². The average molecular weight is 372 g/mol. The van der Waals surface area contributed by atoms with E-state index in [2.05, 4.69) is 0 Å². The number of unbranched alkanes of at least 4 members (excludes halogenated alkanes) is 2. The van der Waals surface area contributed by atoms with Gasteiger partial charge in [0.15, 0.2) is 0 Å². The monoisotopic (exact) mass is 372 g/mol. The van der Waals surface area contributed by atoms with Gasteiger partial charge in [-0.15, -0.1) is 0 Å². The summed E-state index contributed by atoms with van der Waals surface area (Å²) < 4.78 is 91.6. The number of carbonyl (C=O) groups is 1. The molecule has 2 nitrogen and oxygen atoms in total. The zero-order valence-corrected chi connectivity index (χ0v) is 13.3. The van der Waals surface area contributed by atoms with Crippen LogP contribution < -0.4 is 0 Å². The first kappa shape index (κ1) is 22.3. The van der Waals surface area contributed by atoms with Crippen LogP contribution in [0.2, 0.25) is 0 Å². The second-order valence-corrected chi connectivity index (χ2v) is 5.97. The summed E-state index contributed by atoms with van der Waals surface area (Å²) in [5.74, 6) is -11.5. The average Bonchev–Trinajstić information content (AvgIpc) is 2.41. The molecule has 0 aromatic heterocycles. The Bertz CT molecular complexity index is 359. The van der Waals surface area contributed by atoms with Crippen LogP contribution in [0, 0.1) is 0 Å². The van der Waals surface area contributed by atoms with Crippen molar-refractivity contribution in [2.45, 2.75) is 57.0 Å². The Kier molecular flexibility index (Phi) is 9.30. The maximum Gasteiger partial charge on any atom is 0.459 e. The summed E-state index contributed by atoms with van der Waals surface area (Å²) in [5, 5.41) is 0. The predicted octanol–water partition coefficient (Wildman–Crippen LogP) is 5.07. The molecule has 138 valence electrons. The molecule has 0 N–H and O–H groups in total. The Labute approximate surface area is 134 Å². The molecule has 0 aliphatic heterocycles. The first-order valence-electron chi connectivity index (χ1n) is 7.01. The van der Waals surface area contributed by atoms with Gasteiger partial charge in [-0.2, -0.15) is 42.5 Å². The molecule has 0 radical (unpaired) electrons. The molecule has 0 bridgehead atoms. The minimum absolute atomic E-state index is 0.00354. The van der Waals surface area contributed by atoms with Crippen LogP contribution in [0.25, 0.3) is 0 Å². The zero-order chi connectivity index (χ0) is 18.1. The van der Waals surface area contributed by atoms with Crippen LogP contribution in [0.15, 0.2) is 0 Å². The highest BCUT2D eigenvalue weighted by molar-refractivity contribution is 7.99. The van der Waals surface area contributed by atoms with Gasteiger partial charge in [-0.25, -0.2) is 0 Å². The number of alkyl halides is 7. The molecular formula is C13H19F7O2S. The van der Waals surface area contributed by atoms with Crippen LogP contribution >= 0.6 is 11.8 Å². The van der Waals surface area contributed by atoms with E-state index in [0.717, 1.165) is 24.6 Å². The van der Waals surface area contributed by atoms with Crippen molar-refractivity contribution in [1.29, 1.82) is 0 Å². The predicted molar refractivity (Wildman–Crippen MR) is 73.0 cm³/mol. The molecule has 0 rings (SSSR count). The van der Waals surface area contributed by atoms with Gasteiger partial charge in [0.25, 0.3) is 0 Å². The van der Waals surface area contributed by atoms with Gasteiger partial charge in [0.1, 0.15) is 0 Å². The minimum atomic E-state index is -6.28. The quantitative estimate of drug-likeness (QED) is 0.288. The number of ether oxygens (including phenoxy) is 1. The fourth-order valence-electron chi connectivity index (χ4n) is 1.44. The van der Waals surface area contributed by atoms with E-state index in [1.807, 2.05) is 6.92 Å². The number of thioether (sulfide) groups is 1. The van der Waals surface area contributed by atoms with Gasteiger partial charge in [0.2, 0.25) is 0 Å². The summed E-state index contributed by atoms with van der Waals surface area (Å²) in [6, 6.07) is 0. The molecule has 0 fully saturated rings. The third-order valence-electron chi connectivity index (χ3n) is 2.83. The molecule has 0 unspecified atom stereocenters. The van der Waals surface area contributed by atoms with Crippen LogP contribution in [-0.2, 0) is 9.53 Å². The van der Waals surface area contributed by atoms with E-state index in [4.69, 9.17) is 4.74 Å². The van der Waals surface area contributed by atoms with Gasteiger partial charge >= 0.3 is 24.0 Å². The fourth-order valence-corrected chi connectivity index (χ4v) is 2.25. The number of rotatable bonds is 11. The third-order valence-corrected chi connectivity index (χ3v) is 3.84. The highest BCUT2D eigenvalue weighted by atomic mass is 32.2. The lowest BCUT2D eigenvalue weighted by atomic mass is 10.0. The van der Waals surface area contributed by atoms with Crippen molar-refractivity contribution in [3.05, 3.63) is 0 Å². The van der Waals surface area contributed by atoms with Crippen LogP contribution in [0.5, 0.6) is 0 Å². The van der Waals surface area contributed by atoms with Crippen molar-refractivity contribution in [3.63, 3.8) is 0 Å². The molecule has 0 amide bonds.